The first kappa shape index (κ1) is 36.6. The average Bonchev–Trinajstić information content (AvgIpc) is 3.24. The van der Waals surface area contributed by atoms with Crippen molar-refractivity contribution >= 4 is 42.5 Å². The number of allylic oxidation sites excluding steroid dienone is 4. The van der Waals surface area contributed by atoms with Gasteiger partial charge in [0.2, 0.25) is 0 Å². The van der Waals surface area contributed by atoms with Crippen molar-refractivity contribution in [2.45, 2.75) is 27.7 Å². The van der Waals surface area contributed by atoms with Crippen molar-refractivity contribution in [3.05, 3.63) is 104 Å². The third kappa shape index (κ3) is 8.62. The summed E-state index contributed by atoms with van der Waals surface area (Å²) >= 11 is 1.36. The fourth-order valence-electron chi connectivity index (χ4n) is 3.30. The molecule has 1 unspecified atom stereocenters. The van der Waals surface area contributed by atoms with Crippen LogP contribution in [0.4, 0.5) is 13.2 Å². The van der Waals surface area contributed by atoms with Gasteiger partial charge in [0.05, 0.1) is 0 Å². The van der Waals surface area contributed by atoms with E-state index in [9.17, 15) is 13.2 Å². The predicted molar refractivity (Wildman–Crippen MR) is 138 cm³/mol. The summed E-state index contributed by atoms with van der Waals surface area (Å²) in [7, 11) is 0. The van der Waals surface area contributed by atoms with Crippen molar-refractivity contribution < 1.29 is 36.5 Å². The molecule has 0 spiro atoms. The Balaban J connectivity index is -0.000000522. The molecule has 0 amide bonds. The monoisotopic (exact) mass is 586 g/mol. The molecule has 2 radical (unpaired) electrons. The maximum absolute atomic E-state index is 13.7. The van der Waals surface area contributed by atoms with E-state index in [1.54, 1.807) is 24.3 Å². The fraction of sp³-hybridized carbons (Fsp3) is 0.192. The summed E-state index contributed by atoms with van der Waals surface area (Å²) in [6.07, 6.45) is 3.36. The summed E-state index contributed by atoms with van der Waals surface area (Å²) in [5.41, 5.74) is 4.70. The summed E-state index contributed by atoms with van der Waals surface area (Å²) < 4.78 is 40.1. The third-order valence-corrected chi connectivity index (χ3v) is 5.20. The van der Waals surface area contributed by atoms with Crippen LogP contribution < -0.4 is 0 Å². The molecule has 1 atom stereocenters. The summed E-state index contributed by atoms with van der Waals surface area (Å²) in [6.45, 7) is 11.7. The van der Waals surface area contributed by atoms with E-state index in [1.165, 1.54) is 40.1 Å². The Morgan fingerprint density at radius 3 is 2.00 bits per heavy atom. The topological polar surface area (TPSA) is 0 Å². The molecule has 0 saturated carbocycles. The minimum absolute atomic E-state index is 0. The molecule has 4 rings (SSSR count). The van der Waals surface area contributed by atoms with Crippen molar-refractivity contribution in [3.8, 4) is 11.1 Å². The Morgan fingerprint density at radius 2 is 1.52 bits per heavy atom. The SMILES string of the molecule is CC1=[C-]C(C)C(C)=C1C.Cl.Cl.Fc1cc(F)c(F)c(-c2c[cH-]c3ccccc23)c1.[CH3-].[CH3-].[Si]=[Zr]. The summed E-state index contributed by atoms with van der Waals surface area (Å²) in [4.78, 5) is 0. The molecule has 0 aromatic heterocycles. The predicted octanol–water partition coefficient (Wildman–Crippen LogP) is 8.73. The Hall–Kier alpha value is -1.000. The van der Waals surface area contributed by atoms with Gasteiger partial charge in [0.1, 0.15) is 5.82 Å². The van der Waals surface area contributed by atoms with Crippen LogP contribution in [0.3, 0.4) is 0 Å². The molecular weight excluding hydrogens is 559 g/mol. The van der Waals surface area contributed by atoms with Gasteiger partial charge in [-0.15, -0.1) is 78.4 Å². The summed E-state index contributed by atoms with van der Waals surface area (Å²) in [5.74, 6) is -2.41. The van der Waals surface area contributed by atoms with Crippen LogP contribution in [0.5, 0.6) is 0 Å². The van der Waals surface area contributed by atoms with Crippen molar-refractivity contribution in [3.63, 3.8) is 0 Å². The molecule has 33 heavy (non-hydrogen) atoms. The quantitative estimate of drug-likeness (QED) is 0.152. The molecule has 3 aromatic carbocycles. The molecule has 0 fully saturated rings. The van der Waals surface area contributed by atoms with E-state index in [1.807, 2.05) is 12.1 Å². The van der Waals surface area contributed by atoms with Gasteiger partial charge in [-0.2, -0.15) is 11.1 Å². The first-order chi connectivity index (χ1) is 13.8. The third-order valence-electron chi connectivity index (χ3n) is 5.20. The molecule has 1 aliphatic rings. The van der Waals surface area contributed by atoms with Crippen LogP contribution in [0, 0.1) is 44.3 Å². The van der Waals surface area contributed by atoms with Gasteiger partial charge in [0.25, 0.3) is 0 Å². The molecular formula is C26H29Cl2F3SiZr-4. The van der Waals surface area contributed by atoms with E-state index >= 15 is 0 Å². The van der Waals surface area contributed by atoms with E-state index in [2.05, 4.69) is 40.7 Å². The first-order valence-electron chi connectivity index (χ1n) is 9.11. The number of hydrogen-bond donors (Lipinski definition) is 0. The van der Waals surface area contributed by atoms with Crippen LogP contribution in [0.15, 0.2) is 65.3 Å². The molecule has 1 aliphatic carbocycles. The van der Waals surface area contributed by atoms with Crippen molar-refractivity contribution in [1.82, 2.24) is 0 Å². The van der Waals surface area contributed by atoms with E-state index < -0.39 is 17.5 Å². The van der Waals surface area contributed by atoms with Crippen LogP contribution in [-0.2, 0) is 23.3 Å². The van der Waals surface area contributed by atoms with Gasteiger partial charge in [-0.05, 0) is 11.6 Å². The molecule has 0 aliphatic heterocycles. The standard InChI is InChI=1S/C15H8F3.C9H13.2CH3.2ClH.Si.Zr/c16-10-7-13(15(18)14(17)8-10)12-6-5-9-3-1-2-4-11(9)12;1-6-5-7(2)9(4)8(6)3;;;;;;/h1-8H;6H,1-4H3;2*1H3;2*1H;;/q4*-1;;;;. The Kier molecular flexibility index (Phi) is 18.4. The number of fused-ring (bicyclic) bond motifs is 1. The van der Waals surface area contributed by atoms with Crippen molar-refractivity contribution in [1.29, 1.82) is 0 Å². The maximum atomic E-state index is 13.7. The van der Waals surface area contributed by atoms with Crippen LogP contribution in [0.1, 0.15) is 27.7 Å². The fourth-order valence-corrected chi connectivity index (χ4v) is 3.30. The number of halogens is 5. The molecule has 0 N–H and O–H groups in total. The van der Waals surface area contributed by atoms with Crippen molar-refractivity contribution in [2.75, 3.05) is 0 Å². The van der Waals surface area contributed by atoms with Gasteiger partial charge in [-0.1, -0.05) is 32.8 Å². The summed E-state index contributed by atoms with van der Waals surface area (Å²) in [6, 6.07) is 12.4. The Bertz CT molecular complexity index is 1090. The molecule has 3 aromatic rings. The normalized spacial score (nSPS) is 13.5. The molecule has 180 valence electrons. The molecule has 0 bridgehead atoms. The zero-order valence-corrected chi connectivity index (χ0v) is 24.7. The van der Waals surface area contributed by atoms with Gasteiger partial charge in [0.15, 0.2) is 11.6 Å². The van der Waals surface area contributed by atoms with Crippen LogP contribution in [0.2, 0.25) is 0 Å². The van der Waals surface area contributed by atoms with Gasteiger partial charge < -0.3 is 14.9 Å². The average molecular weight is 589 g/mol. The van der Waals surface area contributed by atoms with Gasteiger partial charge in [0, 0.05) is 6.07 Å². The van der Waals surface area contributed by atoms with E-state index in [-0.39, 0.29) is 45.2 Å². The second-order valence-electron chi connectivity index (χ2n) is 6.88. The van der Waals surface area contributed by atoms with Crippen molar-refractivity contribution in [2.24, 2.45) is 5.92 Å². The molecule has 0 saturated heterocycles. The van der Waals surface area contributed by atoms with Gasteiger partial charge in [-0.3, -0.25) is 6.08 Å². The zero-order chi connectivity index (χ0) is 21.7. The van der Waals surface area contributed by atoms with E-state index in [4.69, 9.17) is 0 Å². The van der Waals surface area contributed by atoms with Crippen LogP contribution in [0.25, 0.3) is 21.9 Å². The first-order valence-corrected chi connectivity index (χ1v) is 13.3. The number of hydrogen-bond acceptors (Lipinski definition) is 0. The van der Waals surface area contributed by atoms with E-state index in [0.717, 1.165) is 16.8 Å². The Morgan fingerprint density at radius 1 is 0.939 bits per heavy atom. The number of benzene rings is 2. The molecule has 7 heteroatoms. The molecule has 0 heterocycles. The van der Waals surface area contributed by atoms with Gasteiger partial charge in [-0.25, -0.2) is 18.7 Å². The van der Waals surface area contributed by atoms with Crippen LogP contribution in [-0.4, -0.2) is 6.88 Å². The number of rotatable bonds is 1. The van der Waals surface area contributed by atoms with E-state index in [0.29, 0.717) is 17.5 Å². The van der Waals surface area contributed by atoms with Crippen LogP contribution >= 0.6 is 24.8 Å². The second-order valence-corrected chi connectivity index (χ2v) is 6.88. The Labute approximate surface area is 226 Å². The summed E-state index contributed by atoms with van der Waals surface area (Å²) in [5, 5.41) is 1.69. The minimum atomic E-state index is -1.17. The zero-order valence-electron chi connectivity index (χ0n) is 19.6. The molecule has 0 nitrogen and oxygen atoms in total. The van der Waals surface area contributed by atoms with Gasteiger partial charge >= 0.3 is 30.2 Å². The second kappa shape index (κ2) is 16.6.